The normalized spacial score (nSPS) is 8.74. The maximum absolute atomic E-state index is 11.7. The molecule has 0 bridgehead atoms. The molecule has 5 heteroatoms. The molecule has 0 rings (SSSR count). The van der Waals surface area contributed by atoms with Gasteiger partial charge in [-0.2, -0.15) is 0 Å². The van der Waals surface area contributed by atoms with Gasteiger partial charge >= 0.3 is 0 Å². The van der Waals surface area contributed by atoms with Crippen molar-refractivity contribution in [1.29, 1.82) is 0 Å². The number of hydrogen-bond donors (Lipinski definition) is 0. The average molecular weight is 280 g/mol. The third-order valence-corrected chi connectivity index (χ3v) is 1.97. The van der Waals surface area contributed by atoms with Gasteiger partial charge in [0, 0.05) is 21.0 Å². The van der Waals surface area contributed by atoms with Gasteiger partial charge in [-0.05, 0) is 0 Å². The molecule has 0 saturated heterocycles. The summed E-state index contributed by atoms with van der Waals surface area (Å²) in [7, 11) is 9.41. The molecule has 2 amide bonds. The van der Waals surface area contributed by atoms with E-state index in [1.54, 1.807) is 19.0 Å². The fourth-order valence-electron chi connectivity index (χ4n) is 1.15. The third kappa shape index (κ3) is 14.8. The van der Waals surface area contributed by atoms with Crippen molar-refractivity contribution in [3.63, 3.8) is 0 Å². The van der Waals surface area contributed by atoms with Gasteiger partial charge < -0.3 is 9.38 Å². The van der Waals surface area contributed by atoms with Crippen molar-refractivity contribution in [2.45, 2.75) is 36.6 Å². The summed E-state index contributed by atoms with van der Waals surface area (Å²) in [5.74, 6) is -0.136. The van der Waals surface area contributed by atoms with Crippen LogP contribution in [0.25, 0.3) is 0 Å². The maximum Gasteiger partial charge on any atom is 0.246 e. The lowest BCUT2D eigenvalue weighted by Gasteiger charge is -2.30. The number of likely N-dealkylation sites (N-methyl/N-ethyl adjacent to an activating group) is 2. The fraction of sp³-hybridized carbons (Fsp3) is 0.857. The lowest BCUT2D eigenvalue weighted by atomic mass is 10.4. The molecule has 5 nitrogen and oxygen atoms in total. The molecule has 120 valence electrons. The molecule has 0 aromatic rings. The molecule has 0 saturated carbocycles. The summed E-state index contributed by atoms with van der Waals surface area (Å²) in [6.07, 6.45) is 0. The summed E-state index contributed by atoms with van der Waals surface area (Å²) in [4.78, 5) is 25.6. The van der Waals surface area contributed by atoms with Crippen LogP contribution in [0.2, 0.25) is 0 Å². The van der Waals surface area contributed by atoms with Crippen LogP contribution in [0.1, 0.15) is 36.6 Å². The van der Waals surface area contributed by atoms with Crippen LogP contribution < -0.4 is 0 Å². The number of carbonyl (C=O) groups is 2. The molecule has 0 aliphatic carbocycles. The van der Waals surface area contributed by atoms with Gasteiger partial charge in [-0.25, -0.2) is 0 Å². The second-order valence-electron chi connectivity index (χ2n) is 4.90. The van der Waals surface area contributed by atoms with E-state index in [-0.39, 0.29) is 48.1 Å². The van der Waals surface area contributed by atoms with E-state index in [1.165, 1.54) is 11.8 Å². The lowest BCUT2D eigenvalue weighted by molar-refractivity contribution is -0.879. The predicted octanol–water partition coefficient (Wildman–Crippen LogP) is 2.13. The van der Waals surface area contributed by atoms with Gasteiger partial charge in [0.05, 0.1) is 27.7 Å². The minimum atomic E-state index is -0.0954. The van der Waals surface area contributed by atoms with Crippen LogP contribution in [0.15, 0.2) is 0 Å². The minimum Gasteiger partial charge on any atom is -0.337 e. The van der Waals surface area contributed by atoms with Crippen molar-refractivity contribution in [2.75, 3.05) is 48.5 Å². The molecule has 0 aromatic heterocycles. The number of rotatable bonds is 4. The van der Waals surface area contributed by atoms with Crippen molar-refractivity contribution < 1.29 is 14.1 Å². The Balaban J connectivity index is -0.000000163. The van der Waals surface area contributed by atoms with E-state index in [0.717, 1.165) is 0 Å². The van der Waals surface area contributed by atoms with Gasteiger partial charge in [-0.15, -0.1) is 0 Å². The Morgan fingerprint density at radius 3 is 1.53 bits per heavy atom. The number of hydrogen-bond acceptors (Lipinski definition) is 2. The summed E-state index contributed by atoms with van der Waals surface area (Å²) in [6, 6.07) is 0. The summed E-state index contributed by atoms with van der Waals surface area (Å²) in [5.41, 5.74) is 0. The smallest absolute Gasteiger partial charge is 0.246 e. The second-order valence-corrected chi connectivity index (χ2v) is 4.90. The van der Waals surface area contributed by atoms with Gasteiger partial charge in [-0.3, -0.25) is 14.5 Å². The molecule has 0 heterocycles. The molecule has 19 heavy (non-hydrogen) atoms. The van der Waals surface area contributed by atoms with Gasteiger partial charge in [-0.1, -0.05) is 29.7 Å². The van der Waals surface area contributed by atoms with Crippen LogP contribution in [0.4, 0.5) is 0 Å². The SMILES string of the molecule is C.C.C.C.CC(=O)N(C)CC(=O)N(C)C[N+](C)(C)C. The van der Waals surface area contributed by atoms with Crippen molar-refractivity contribution >= 4 is 11.8 Å². The Kier molecular flexibility index (Phi) is 19.3. The highest BCUT2D eigenvalue weighted by Crippen LogP contribution is 1.96. The first-order valence-electron chi connectivity index (χ1n) is 4.89. The number of quaternary nitrogens is 1. The van der Waals surface area contributed by atoms with Crippen LogP contribution >= 0.6 is 0 Å². The topological polar surface area (TPSA) is 40.6 Å². The van der Waals surface area contributed by atoms with E-state index in [2.05, 4.69) is 0 Å². The van der Waals surface area contributed by atoms with Crippen molar-refractivity contribution in [3.05, 3.63) is 0 Å². The molecule has 0 N–H and O–H groups in total. The predicted molar refractivity (Wildman–Crippen MR) is 85.9 cm³/mol. The summed E-state index contributed by atoms with van der Waals surface area (Å²) in [5, 5.41) is 0. The zero-order valence-corrected chi connectivity index (χ0v) is 10.6. The second kappa shape index (κ2) is 12.0. The van der Waals surface area contributed by atoms with Crippen LogP contribution in [0, 0.1) is 0 Å². The van der Waals surface area contributed by atoms with Crippen LogP contribution in [-0.4, -0.2) is 74.5 Å². The van der Waals surface area contributed by atoms with Crippen LogP contribution in [0.3, 0.4) is 0 Å². The molecule has 0 spiro atoms. The van der Waals surface area contributed by atoms with Crippen molar-refractivity contribution in [1.82, 2.24) is 9.80 Å². The van der Waals surface area contributed by atoms with Gasteiger partial charge in [0.15, 0.2) is 6.67 Å². The largest absolute Gasteiger partial charge is 0.337 e. The third-order valence-electron chi connectivity index (χ3n) is 1.97. The first kappa shape index (κ1) is 30.7. The quantitative estimate of drug-likeness (QED) is 0.585. The maximum atomic E-state index is 11.7. The fourth-order valence-corrected chi connectivity index (χ4v) is 1.15. The van der Waals surface area contributed by atoms with Crippen LogP contribution in [-0.2, 0) is 9.59 Å². The van der Waals surface area contributed by atoms with E-state index < -0.39 is 0 Å². The highest BCUT2D eigenvalue weighted by molar-refractivity contribution is 5.83. The molecule has 0 radical (unpaired) electrons. The molecular weight excluding hydrogens is 242 g/mol. The van der Waals surface area contributed by atoms with E-state index in [4.69, 9.17) is 0 Å². The molecule has 0 unspecified atom stereocenters. The highest BCUT2D eigenvalue weighted by atomic mass is 16.2. The monoisotopic (exact) mass is 280 g/mol. The molecule has 0 aliphatic rings. The van der Waals surface area contributed by atoms with E-state index in [9.17, 15) is 9.59 Å². The average Bonchev–Trinajstić information content (AvgIpc) is 2.00. The Labute approximate surface area is 121 Å². The summed E-state index contributed by atoms with van der Waals surface area (Å²) in [6.45, 7) is 2.23. The first-order chi connectivity index (χ1) is 6.63. The van der Waals surface area contributed by atoms with E-state index in [1.807, 2.05) is 21.1 Å². The highest BCUT2D eigenvalue weighted by Gasteiger charge is 2.18. The summed E-state index contributed by atoms with van der Waals surface area (Å²) >= 11 is 0. The number of nitrogens with zero attached hydrogens (tertiary/aromatic N) is 3. The van der Waals surface area contributed by atoms with Crippen molar-refractivity contribution in [3.8, 4) is 0 Å². The van der Waals surface area contributed by atoms with Gasteiger partial charge in [0.1, 0.15) is 0 Å². The Morgan fingerprint density at radius 1 is 0.895 bits per heavy atom. The molecule has 0 aromatic carbocycles. The Hall–Kier alpha value is -1.10. The number of carbonyl (C=O) groups excluding carboxylic acids is 2. The summed E-state index contributed by atoms with van der Waals surface area (Å²) < 4.78 is 0.687. The van der Waals surface area contributed by atoms with Crippen LogP contribution in [0.5, 0.6) is 0 Å². The molecule has 0 aliphatic heterocycles. The minimum absolute atomic E-state index is 0. The zero-order valence-electron chi connectivity index (χ0n) is 10.6. The molecular formula is C14H38N3O2+. The lowest BCUT2D eigenvalue weighted by Crippen LogP contribution is -2.48. The van der Waals surface area contributed by atoms with Crippen molar-refractivity contribution in [2.24, 2.45) is 0 Å². The van der Waals surface area contributed by atoms with E-state index in [0.29, 0.717) is 11.2 Å². The number of amides is 2. The Bertz CT molecular complexity index is 248. The first-order valence-corrected chi connectivity index (χ1v) is 4.89. The standard InChI is InChI=1S/C10H22N3O2.4CH4/c1-9(14)11(2)7-10(15)12(3)8-13(4,5)6;;;;/h7-8H2,1-6H3;4*1H4/q+1;;;;. The van der Waals surface area contributed by atoms with Gasteiger partial charge in [0.2, 0.25) is 11.8 Å². The zero-order chi connectivity index (χ0) is 12.2. The van der Waals surface area contributed by atoms with Gasteiger partial charge in [0.25, 0.3) is 0 Å². The molecule has 0 fully saturated rings. The molecule has 0 atom stereocenters. The Morgan fingerprint density at radius 2 is 1.26 bits per heavy atom. The van der Waals surface area contributed by atoms with E-state index >= 15 is 0 Å².